The molecular formula is C14H20O. The molecule has 0 amide bonds. The van der Waals surface area contributed by atoms with Crippen molar-refractivity contribution in [3.63, 3.8) is 0 Å². The van der Waals surface area contributed by atoms with Gasteiger partial charge in [0.2, 0.25) is 0 Å². The summed E-state index contributed by atoms with van der Waals surface area (Å²) in [5.41, 5.74) is 2.17. The van der Waals surface area contributed by atoms with E-state index in [2.05, 4.69) is 26.0 Å². The number of hydrogen-bond donors (Lipinski definition) is 0. The molecule has 0 N–H and O–H groups in total. The van der Waals surface area contributed by atoms with Crippen molar-refractivity contribution in [3.05, 3.63) is 35.4 Å². The monoisotopic (exact) mass is 204 g/mol. The average molecular weight is 204 g/mol. The van der Waals surface area contributed by atoms with Crippen LogP contribution in [0.2, 0.25) is 0 Å². The molecule has 0 spiro atoms. The van der Waals surface area contributed by atoms with E-state index >= 15 is 0 Å². The molecule has 1 nitrogen and oxygen atoms in total. The second kappa shape index (κ2) is 5.69. The number of rotatable bonds is 5. The first-order valence-electron chi connectivity index (χ1n) is 5.75. The van der Waals surface area contributed by atoms with E-state index in [4.69, 9.17) is 0 Å². The van der Waals surface area contributed by atoms with E-state index in [1.54, 1.807) is 0 Å². The average Bonchev–Trinajstić information content (AvgIpc) is 2.26. The molecule has 0 aliphatic heterocycles. The molecule has 0 bridgehead atoms. The second-order valence-electron chi connectivity index (χ2n) is 4.41. The van der Waals surface area contributed by atoms with E-state index in [0.717, 1.165) is 17.9 Å². The van der Waals surface area contributed by atoms with Crippen molar-refractivity contribution in [1.82, 2.24) is 0 Å². The Morgan fingerprint density at radius 3 is 2.27 bits per heavy atom. The van der Waals surface area contributed by atoms with Gasteiger partial charge >= 0.3 is 0 Å². The summed E-state index contributed by atoms with van der Waals surface area (Å²) in [4.78, 5) is 11.4. The lowest BCUT2D eigenvalue weighted by molar-refractivity contribution is 0.0988. The van der Waals surface area contributed by atoms with E-state index in [9.17, 15) is 4.79 Å². The van der Waals surface area contributed by atoms with Gasteiger partial charge in [-0.05, 0) is 24.3 Å². The molecule has 0 aromatic heterocycles. The normalized spacial score (nSPS) is 10.7. The number of ketones is 1. The maximum absolute atomic E-state index is 11.4. The molecule has 0 fully saturated rings. The molecule has 1 heteroatoms. The minimum atomic E-state index is 0.227. The Kier molecular flexibility index (Phi) is 4.54. The van der Waals surface area contributed by atoms with Crippen molar-refractivity contribution in [2.75, 3.05) is 0 Å². The number of carbonyl (C=O) groups excluding carboxylic acids is 1. The van der Waals surface area contributed by atoms with Gasteiger partial charge in [-0.2, -0.15) is 0 Å². The lowest BCUT2D eigenvalue weighted by Crippen LogP contribution is -1.97. The van der Waals surface area contributed by atoms with Gasteiger partial charge in [0.05, 0.1) is 0 Å². The van der Waals surface area contributed by atoms with Crippen molar-refractivity contribution >= 4 is 5.78 Å². The third kappa shape index (κ3) is 3.86. The van der Waals surface area contributed by atoms with Crippen LogP contribution in [0.4, 0.5) is 0 Å². The molecule has 0 heterocycles. The van der Waals surface area contributed by atoms with Crippen LogP contribution in [0.25, 0.3) is 0 Å². The maximum Gasteiger partial charge on any atom is 0.162 e. The molecule has 0 atom stereocenters. The van der Waals surface area contributed by atoms with E-state index in [0.29, 0.717) is 6.42 Å². The molecule has 1 rings (SSSR count). The minimum Gasteiger partial charge on any atom is -0.294 e. The first-order chi connectivity index (χ1) is 7.13. The summed E-state index contributed by atoms with van der Waals surface area (Å²) in [7, 11) is 0. The van der Waals surface area contributed by atoms with Crippen LogP contribution >= 0.6 is 0 Å². The number of benzene rings is 1. The predicted molar refractivity (Wildman–Crippen MR) is 64.2 cm³/mol. The third-order valence-electron chi connectivity index (χ3n) is 2.61. The molecule has 1 aromatic rings. The molecule has 0 saturated heterocycles. The molecule has 0 aliphatic rings. The zero-order valence-electron chi connectivity index (χ0n) is 9.92. The highest BCUT2D eigenvalue weighted by Gasteiger charge is 2.02. The zero-order valence-corrected chi connectivity index (χ0v) is 9.92. The number of Topliss-reactive ketones (excluding diaryl/α,β-unsaturated/α-hetero) is 1. The molecule has 1 aromatic carbocycles. The van der Waals surface area contributed by atoms with Crippen molar-refractivity contribution in [1.29, 1.82) is 0 Å². The lowest BCUT2D eigenvalue weighted by atomic mass is 10.0. The molecule has 0 aliphatic carbocycles. The van der Waals surface area contributed by atoms with Gasteiger partial charge in [-0.25, -0.2) is 0 Å². The molecule has 0 radical (unpaired) electrons. The molecule has 15 heavy (non-hydrogen) atoms. The molecule has 0 saturated carbocycles. The SMILES string of the molecule is CCC(=O)c1ccc(CCC(C)C)cc1. The van der Waals surface area contributed by atoms with Crippen LogP contribution in [-0.2, 0) is 6.42 Å². The summed E-state index contributed by atoms with van der Waals surface area (Å²) in [5.74, 6) is 0.965. The van der Waals surface area contributed by atoms with E-state index < -0.39 is 0 Å². The Balaban J connectivity index is 2.60. The van der Waals surface area contributed by atoms with Crippen molar-refractivity contribution in [2.45, 2.75) is 40.0 Å². The highest BCUT2D eigenvalue weighted by molar-refractivity contribution is 5.95. The van der Waals surface area contributed by atoms with Crippen molar-refractivity contribution in [2.24, 2.45) is 5.92 Å². The summed E-state index contributed by atoms with van der Waals surface area (Å²) in [6, 6.07) is 8.04. The van der Waals surface area contributed by atoms with Crippen LogP contribution in [0.1, 0.15) is 49.5 Å². The Hall–Kier alpha value is -1.11. The van der Waals surface area contributed by atoms with E-state index in [1.165, 1.54) is 12.0 Å². The molecular weight excluding hydrogens is 184 g/mol. The van der Waals surface area contributed by atoms with Gasteiger partial charge in [0.25, 0.3) is 0 Å². The lowest BCUT2D eigenvalue weighted by Gasteiger charge is -2.05. The van der Waals surface area contributed by atoms with Crippen molar-refractivity contribution in [3.8, 4) is 0 Å². The first-order valence-corrected chi connectivity index (χ1v) is 5.75. The van der Waals surface area contributed by atoms with Crippen LogP contribution in [0.5, 0.6) is 0 Å². The van der Waals surface area contributed by atoms with Gasteiger partial charge in [0, 0.05) is 12.0 Å². The van der Waals surface area contributed by atoms with Crippen LogP contribution in [0.15, 0.2) is 24.3 Å². The highest BCUT2D eigenvalue weighted by atomic mass is 16.1. The van der Waals surface area contributed by atoms with Gasteiger partial charge in [-0.1, -0.05) is 45.0 Å². The summed E-state index contributed by atoms with van der Waals surface area (Å²) < 4.78 is 0. The summed E-state index contributed by atoms with van der Waals surface area (Å²) >= 11 is 0. The van der Waals surface area contributed by atoms with E-state index in [1.807, 2.05) is 19.1 Å². The first kappa shape index (κ1) is 12.0. The molecule has 0 unspecified atom stereocenters. The molecule has 82 valence electrons. The predicted octanol–water partition coefficient (Wildman–Crippen LogP) is 3.87. The fourth-order valence-electron chi connectivity index (χ4n) is 1.52. The Morgan fingerprint density at radius 2 is 1.80 bits per heavy atom. The van der Waals surface area contributed by atoms with Gasteiger partial charge in [0.15, 0.2) is 5.78 Å². The standard InChI is InChI=1S/C14H20O/c1-4-14(15)13-9-7-12(8-10-13)6-5-11(2)3/h7-11H,4-6H2,1-3H3. The number of hydrogen-bond acceptors (Lipinski definition) is 1. The Morgan fingerprint density at radius 1 is 1.20 bits per heavy atom. The summed E-state index contributed by atoms with van der Waals surface area (Å²) in [6.45, 7) is 6.36. The van der Waals surface area contributed by atoms with E-state index in [-0.39, 0.29) is 5.78 Å². The van der Waals surface area contributed by atoms with Crippen molar-refractivity contribution < 1.29 is 4.79 Å². The van der Waals surface area contributed by atoms with Crippen LogP contribution in [0, 0.1) is 5.92 Å². The number of carbonyl (C=O) groups is 1. The minimum absolute atomic E-state index is 0.227. The van der Waals surface area contributed by atoms with Crippen LogP contribution in [0.3, 0.4) is 0 Å². The highest BCUT2D eigenvalue weighted by Crippen LogP contribution is 2.11. The largest absolute Gasteiger partial charge is 0.294 e. The Bertz CT molecular complexity index is 309. The van der Waals surface area contributed by atoms with Crippen LogP contribution < -0.4 is 0 Å². The Labute approximate surface area is 92.5 Å². The third-order valence-corrected chi connectivity index (χ3v) is 2.61. The smallest absolute Gasteiger partial charge is 0.162 e. The fourth-order valence-corrected chi connectivity index (χ4v) is 1.52. The van der Waals surface area contributed by atoms with Gasteiger partial charge < -0.3 is 0 Å². The fraction of sp³-hybridized carbons (Fsp3) is 0.500. The maximum atomic E-state index is 11.4. The van der Waals surface area contributed by atoms with Gasteiger partial charge in [0.1, 0.15) is 0 Å². The number of aryl methyl sites for hydroxylation is 1. The topological polar surface area (TPSA) is 17.1 Å². The van der Waals surface area contributed by atoms with Gasteiger partial charge in [-0.3, -0.25) is 4.79 Å². The van der Waals surface area contributed by atoms with Gasteiger partial charge in [-0.15, -0.1) is 0 Å². The second-order valence-corrected chi connectivity index (χ2v) is 4.41. The summed E-state index contributed by atoms with van der Waals surface area (Å²) in [5, 5.41) is 0. The quantitative estimate of drug-likeness (QED) is 0.665. The summed E-state index contributed by atoms with van der Waals surface area (Å²) in [6.07, 6.45) is 2.91. The zero-order chi connectivity index (χ0) is 11.3. The van der Waals surface area contributed by atoms with Crippen LogP contribution in [-0.4, -0.2) is 5.78 Å².